The number of aryl methyl sites for hydroxylation is 1. The van der Waals surface area contributed by atoms with Crippen LogP contribution in [0.25, 0.3) is 0 Å². The third-order valence-electron chi connectivity index (χ3n) is 2.54. The lowest BCUT2D eigenvalue weighted by molar-refractivity contribution is -0.139. The lowest BCUT2D eigenvalue weighted by atomic mass is 10.2. The van der Waals surface area contributed by atoms with Gasteiger partial charge in [-0.05, 0) is 25.5 Å². The lowest BCUT2D eigenvalue weighted by Gasteiger charge is -2.14. The minimum Gasteiger partial charge on any atom is -0.480 e. The van der Waals surface area contributed by atoms with Crippen molar-refractivity contribution in [3.63, 3.8) is 0 Å². The summed E-state index contributed by atoms with van der Waals surface area (Å²) in [6, 6.07) is 4.98. The van der Waals surface area contributed by atoms with Gasteiger partial charge in [0, 0.05) is 13.7 Å². The predicted octanol–water partition coefficient (Wildman–Crippen LogP) is 0.763. The van der Waals surface area contributed by atoms with Gasteiger partial charge in [-0.3, -0.25) is 4.79 Å². The van der Waals surface area contributed by atoms with Crippen LogP contribution in [-0.4, -0.2) is 39.3 Å². The molecule has 1 rings (SSSR count). The van der Waals surface area contributed by atoms with Crippen molar-refractivity contribution in [2.75, 3.05) is 13.7 Å². The maximum absolute atomic E-state index is 12.0. The van der Waals surface area contributed by atoms with E-state index < -0.39 is 22.0 Å². The average Bonchev–Trinajstić information content (AvgIpc) is 2.34. The molecule has 1 aromatic carbocycles. The molecule has 0 bridgehead atoms. The zero-order valence-corrected chi connectivity index (χ0v) is 11.6. The molecule has 7 heteroatoms. The molecule has 2 N–H and O–H groups in total. The number of aliphatic carboxylic acids is 1. The second kappa shape index (κ2) is 6.65. The summed E-state index contributed by atoms with van der Waals surface area (Å²) in [6.45, 7) is 2.00. The molecule has 0 saturated heterocycles. The van der Waals surface area contributed by atoms with Crippen LogP contribution in [0.4, 0.5) is 0 Å². The molecule has 0 aliphatic rings. The standard InChI is InChI=1S/C12H17NO5S/c1-9-3-5-10(6-4-9)19(16,17)13-11(12(14)15)7-8-18-2/h3-6,11,13H,7-8H2,1-2H3,(H,14,15). The number of benzene rings is 1. The highest BCUT2D eigenvalue weighted by molar-refractivity contribution is 7.89. The largest absolute Gasteiger partial charge is 0.480 e. The molecule has 0 aliphatic heterocycles. The highest BCUT2D eigenvalue weighted by atomic mass is 32.2. The Morgan fingerprint density at radius 2 is 1.95 bits per heavy atom. The summed E-state index contributed by atoms with van der Waals surface area (Å²) in [7, 11) is -2.41. The number of hydrogen-bond acceptors (Lipinski definition) is 4. The molecule has 0 fully saturated rings. The van der Waals surface area contributed by atoms with E-state index in [9.17, 15) is 13.2 Å². The van der Waals surface area contributed by atoms with Gasteiger partial charge in [0.25, 0.3) is 0 Å². The number of sulfonamides is 1. The quantitative estimate of drug-likeness (QED) is 0.772. The van der Waals surface area contributed by atoms with E-state index in [4.69, 9.17) is 9.84 Å². The van der Waals surface area contributed by atoms with Gasteiger partial charge in [0.15, 0.2) is 0 Å². The van der Waals surface area contributed by atoms with Crippen molar-refractivity contribution in [2.24, 2.45) is 0 Å². The minimum atomic E-state index is -3.84. The fourth-order valence-electron chi connectivity index (χ4n) is 1.44. The van der Waals surface area contributed by atoms with Crippen LogP contribution in [0.1, 0.15) is 12.0 Å². The van der Waals surface area contributed by atoms with Crippen LogP contribution in [0.3, 0.4) is 0 Å². The Bertz CT molecular complexity index is 524. The first-order valence-corrected chi connectivity index (χ1v) is 7.16. The van der Waals surface area contributed by atoms with Crippen molar-refractivity contribution < 1.29 is 23.1 Å². The number of nitrogens with one attached hydrogen (secondary N) is 1. The van der Waals surface area contributed by atoms with Gasteiger partial charge in [-0.25, -0.2) is 8.42 Å². The van der Waals surface area contributed by atoms with E-state index in [1.807, 2.05) is 6.92 Å². The lowest BCUT2D eigenvalue weighted by Crippen LogP contribution is -2.41. The molecule has 1 unspecified atom stereocenters. The minimum absolute atomic E-state index is 0.0433. The summed E-state index contributed by atoms with van der Waals surface area (Å²) in [5.74, 6) is -1.23. The number of carbonyl (C=O) groups is 1. The molecule has 6 nitrogen and oxygen atoms in total. The highest BCUT2D eigenvalue weighted by Gasteiger charge is 2.24. The van der Waals surface area contributed by atoms with E-state index in [1.165, 1.54) is 19.2 Å². The number of ether oxygens (including phenoxy) is 1. The van der Waals surface area contributed by atoms with E-state index in [0.29, 0.717) is 0 Å². The summed E-state index contributed by atoms with van der Waals surface area (Å²) < 4.78 is 30.9. The Labute approximate surface area is 112 Å². The van der Waals surface area contributed by atoms with Gasteiger partial charge in [0.1, 0.15) is 6.04 Å². The second-order valence-electron chi connectivity index (χ2n) is 4.11. The van der Waals surface area contributed by atoms with Crippen LogP contribution >= 0.6 is 0 Å². The van der Waals surface area contributed by atoms with Crippen LogP contribution in [0.5, 0.6) is 0 Å². The van der Waals surface area contributed by atoms with E-state index in [2.05, 4.69) is 4.72 Å². The Kier molecular flexibility index (Phi) is 5.46. The first-order valence-electron chi connectivity index (χ1n) is 5.67. The molecule has 0 saturated carbocycles. The number of carboxylic acids is 1. The molecule has 0 amide bonds. The molecular weight excluding hydrogens is 270 g/mol. The zero-order chi connectivity index (χ0) is 14.5. The predicted molar refractivity (Wildman–Crippen MR) is 69.4 cm³/mol. The third kappa shape index (κ3) is 4.62. The Balaban J connectivity index is 2.87. The Morgan fingerprint density at radius 1 is 1.37 bits per heavy atom. The van der Waals surface area contributed by atoms with Crippen molar-refractivity contribution in [3.05, 3.63) is 29.8 Å². The summed E-state index contributed by atoms with van der Waals surface area (Å²) >= 11 is 0. The van der Waals surface area contributed by atoms with Gasteiger partial charge in [0.2, 0.25) is 10.0 Å². The van der Waals surface area contributed by atoms with E-state index in [-0.39, 0.29) is 17.9 Å². The average molecular weight is 287 g/mol. The van der Waals surface area contributed by atoms with Gasteiger partial charge in [0.05, 0.1) is 4.90 Å². The van der Waals surface area contributed by atoms with E-state index in [0.717, 1.165) is 5.56 Å². The fraction of sp³-hybridized carbons (Fsp3) is 0.417. The topological polar surface area (TPSA) is 92.7 Å². The molecule has 1 atom stereocenters. The Hall–Kier alpha value is -1.44. The first kappa shape index (κ1) is 15.6. The van der Waals surface area contributed by atoms with Crippen molar-refractivity contribution in [3.8, 4) is 0 Å². The molecule has 0 aromatic heterocycles. The maximum Gasteiger partial charge on any atom is 0.321 e. The van der Waals surface area contributed by atoms with Crippen LogP contribution in [0.15, 0.2) is 29.2 Å². The highest BCUT2D eigenvalue weighted by Crippen LogP contribution is 2.11. The number of carboxylic acid groups (broad SMARTS) is 1. The Morgan fingerprint density at radius 3 is 2.42 bits per heavy atom. The van der Waals surface area contributed by atoms with Crippen molar-refractivity contribution >= 4 is 16.0 Å². The number of methoxy groups -OCH3 is 1. The van der Waals surface area contributed by atoms with Crippen molar-refractivity contribution in [1.29, 1.82) is 0 Å². The SMILES string of the molecule is COCCC(NS(=O)(=O)c1ccc(C)cc1)C(=O)O. The van der Waals surface area contributed by atoms with E-state index in [1.54, 1.807) is 12.1 Å². The van der Waals surface area contributed by atoms with Crippen molar-refractivity contribution in [2.45, 2.75) is 24.3 Å². The molecule has 1 aromatic rings. The van der Waals surface area contributed by atoms with Gasteiger partial charge < -0.3 is 9.84 Å². The van der Waals surface area contributed by atoms with Crippen LogP contribution in [-0.2, 0) is 19.6 Å². The zero-order valence-electron chi connectivity index (χ0n) is 10.8. The fourth-order valence-corrected chi connectivity index (χ4v) is 2.66. The molecule has 0 aliphatic carbocycles. The maximum atomic E-state index is 12.0. The summed E-state index contributed by atoms with van der Waals surface area (Å²) in [5.41, 5.74) is 0.924. The first-order chi connectivity index (χ1) is 8.86. The monoisotopic (exact) mass is 287 g/mol. The molecular formula is C12H17NO5S. The summed E-state index contributed by atoms with van der Waals surface area (Å²) in [5, 5.41) is 8.97. The van der Waals surface area contributed by atoms with Gasteiger partial charge in [-0.1, -0.05) is 17.7 Å². The second-order valence-corrected chi connectivity index (χ2v) is 5.82. The van der Waals surface area contributed by atoms with Crippen LogP contribution in [0, 0.1) is 6.92 Å². The molecule has 106 valence electrons. The normalized spacial score (nSPS) is 13.2. The number of hydrogen-bond donors (Lipinski definition) is 2. The van der Waals surface area contributed by atoms with Crippen LogP contribution in [0.2, 0.25) is 0 Å². The molecule has 0 radical (unpaired) electrons. The molecule has 0 spiro atoms. The summed E-state index contributed by atoms with van der Waals surface area (Å²) in [4.78, 5) is 11.0. The van der Waals surface area contributed by atoms with Gasteiger partial charge in [-0.2, -0.15) is 4.72 Å². The van der Waals surface area contributed by atoms with Gasteiger partial charge in [-0.15, -0.1) is 0 Å². The van der Waals surface area contributed by atoms with Gasteiger partial charge >= 0.3 is 5.97 Å². The van der Waals surface area contributed by atoms with Crippen LogP contribution < -0.4 is 4.72 Å². The van der Waals surface area contributed by atoms with E-state index >= 15 is 0 Å². The smallest absolute Gasteiger partial charge is 0.321 e. The molecule has 19 heavy (non-hydrogen) atoms. The van der Waals surface area contributed by atoms with Crippen molar-refractivity contribution in [1.82, 2.24) is 4.72 Å². The third-order valence-corrected chi connectivity index (χ3v) is 4.03. The summed E-state index contributed by atoms with van der Waals surface area (Å²) in [6.07, 6.45) is 0.0664. The molecule has 0 heterocycles. The number of rotatable bonds is 7.